The first kappa shape index (κ1) is 19.6. The molecule has 2 fully saturated rings. The maximum Gasteiger partial charge on any atom is 0.307 e. The van der Waals surface area contributed by atoms with Gasteiger partial charge in [-0.25, -0.2) is 4.98 Å². The molecule has 6 nitrogen and oxygen atoms in total. The SMILES string of the molecule is O=C(NC1CC(CCN2CCN(c3cccc(Cl)c3Cl)CC2)C1)c1ncco1. The first-order valence-corrected chi connectivity index (χ1v) is 10.5. The summed E-state index contributed by atoms with van der Waals surface area (Å²) in [6.45, 7) is 5.07. The van der Waals surface area contributed by atoms with Gasteiger partial charge in [0.15, 0.2) is 0 Å². The van der Waals surface area contributed by atoms with E-state index in [-0.39, 0.29) is 17.8 Å². The molecule has 4 rings (SSSR count). The Labute approximate surface area is 174 Å². The van der Waals surface area contributed by atoms with Crippen LogP contribution >= 0.6 is 23.2 Å². The summed E-state index contributed by atoms with van der Waals surface area (Å²) in [6.07, 6.45) is 6.13. The Morgan fingerprint density at radius 3 is 2.71 bits per heavy atom. The number of benzene rings is 1. The Morgan fingerprint density at radius 2 is 2.00 bits per heavy atom. The number of nitrogens with one attached hydrogen (secondary N) is 1. The van der Waals surface area contributed by atoms with Crippen molar-refractivity contribution in [2.75, 3.05) is 37.6 Å². The number of hydrogen-bond acceptors (Lipinski definition) is 5. The van der Waals surface area contributed by atoms with Crippen molar-refractivity contribution < 1.29 is 9.21 Å². The number of carbonyl (C=O) groups excluding carboxylic acids is 1. The highest BCUT2D eigenvalue weighted by Crippen LogP contribution is 2.33. The number of oxazole rings is 1. The lowest BCUT2D eigenvalue weighted by atomic mass is 9.78. The smallest absolute Gasteiger partial charge is 0.307 e. The second kappa shape index (κ2) is 8.72. The lowest BCUT2D eigenvalue weighted by Crippen LogP contribution is -2.48. The highest BCUT2D eigenvalue weighted by molar-refractivity contribution is 6.43. The van der Waals surface area contributed by atoms with E-state index in [9.17, 15) is 4.79 Å². The van der Waals surface area contributed by atoms with E-state index in [2.05, 4.69) is 20.1 Å². The molecule has 1 aliphatic carbocycles. The zero-order valence-corrected chi connectivity index (χ0v) is 17.1. The van der Waals surface area contributed by atoms with Gasteiger partial charge < -0.3 is 14.6 Å². The summed E-state index contributed by atoms with van der Waals surface area (Å²) in [5.74, 6) is 0.598. The van der Waals surface area contributed by atoms with Crippen molar-refractivity contribution in [3.63, 3.8) is 0 Å². The molecule has 0 unspecified atom stereocenters. The van der Waals surface area contributed by atoms with Crippen molar-refractivity contribution >= 4 is 34.8 Å². The zero-order valence-electron chi connectivity index (χ0n) is 15.6. The van der Waals surface area contributed by atoms with Gasteiger partial charge in [0, 0.05) is 32.2 Å². The number of piperazine rings is 1. The van der Waals surface area contributed by atoms with Crippen molar-refractivity contribution in [1.29, 1.82) is 0 Å². The summed E-state index contributed by atoms with van der Waals surface area (Å²) in [5, 5.41) is 4.23. The summed E-state index contributed by atoms with van der Waals surface area (Å²) >= 11 is 12.5. The number of amides is 1. The Balaban J connectivity index is 1.15. The van der Waals surface area contributed by atoms with Crippen molar-refractivity contribution in [3.8, 4) is 0 Å². The molecule has 2 aromatic rings. The molecule has 8 heteroatoms. The fraction of sp³-hybridized carbons (Fsp3) is 0.500. The number of hydrogen-bond donors (Lipinski definition) is 1. The monoisotopic (exact) mass is 422 g/mol. The minimum atomic E-state index is -0.218. The van der Waals surface area contributed by atoms with Gasteiger partial charge in [0.2, 0.25) is 0 Å². The Morgan fingerprint density at radius 1 is 1.21 bits per heavy atom. The number of nitrogens with zero attached hydrogens (tertiary/aromatic N) is 3. The van der Waals surface area contributed by atoms with Crippen LogP contribution in [0.25, 0.3) is 0 Å². The predicted octanol–water partition coefficient (Wildman–Crippen LogP) is 3.70. The molecule has 1 saturated carbocycles. The van der Waals surface area contributed by atoms with E-state index in [0.717, 1.165) is 51.3 Å². The molecule has 1 saturated heterocycles. The number of anilines is 1. The Kier molecular flexibility index (Phi) is 6.09. The highest BCUT2D eigenvalue weighted by atomic mass is 35.5. The van der Waals surface area contributed by atoms with E-state index in [1.807, 2.05) is 18.2 Å². The van der Waals surface area contributed by atoms with E-state index < -0.39 is 0 Å². The van der Waals surface area contributed by atoms with Gasteiger partial charge in [-0.2, -0.15) is 0 Å². The van der Waals surface area contributed by atoms with Crippen LogP contribution in [0.3, 0.4) is 0 Å². The summed E-state index contributed by atoms with van der Waals surface area (Å²) in [4.78, 5) is 20.6. The second-order valence-corrected chi connectivity index (χ2v) is 8.32. The van der Waals surface area contributed by atoms with Gasteiger partial charge in [-0.05, 0) is 43.9 Å². The van der Waals surface area contributed by atoms with Gasteiger partial charge in [0.05, 0.1) is 21.9 Å². The molecule has 150 valence electrons. The van der Waals surface area contributed by atoms with Crippen LogP contribution in [0, 0.1) is 5.92 Å². The van der Waals surface area contributed by atoms with Gasteiger partial charge in [-0.1, -0.05) is 29.3 Å². The molecular weight excluding hydrogens is 399 g/mol. The fourth-order valence-corrected chi connectivity index (χ4v) is 4.40. The van der Waals surface area contributed by atoms with Crippen molar-refractivity contribution in [1.82, 2.24) is 15.2 Å². The normalized spacial score (nSPS) is 22.7. The summed E-state index contributed by atoms with van der Waals surface area (Å²) in [7, 11) is 0. The van der Waals surface area contributed by atoms with Crippen LogP contribution in [-0.2, 0) is 0 Å². The number of carbonyl (C=O) groups is 1. The van der Waals surface area contributed by atoms with E-state index in [4.69, 9.17) is 27.6 Å². The van der Waals surface area contributed by atoms with Crippen LogP contribution in [0.4, 0.5) is 5.69 Å². The van der Waals surface area contributed by atoms with E-state index >= 15 is 0 Å². The zero-order chi connectivity index (χ0) is 19.5. The molecular formula is C20H24Cl2N4O2. The average Bonchev–Trinajstić information content (AvgIpc) is 3.21. The van der Waals surface area contributed by atoms with E-state index in [0.29, 0.717) is 16.0 Å². The molecule has 1 aromatic heterocycles. The van der Waals surface area contributed by atoms with Crippen molar-refractivity contribution in [2.45, 2.75) is 25.3 Å². The Hall–Kier alpha value is -1.76. The number of rotatable bonds is 6. The predicted molar refractivity (Wildman–Crippen MR) is 110 cm³/mol. The summed E-state index contributed by atoms with van der Waals surface area (Å²) < 4.78 is 5.02. The number of aromatic nitrogens is 1. The molecule has 1 amide bonds. The molecule has 28 heavy (non-hydrogen) atoms. The maximum atomic E-state index is 11.9. The molecule has 2 heterocycles. The van der Waals surface area contributed by atoms with Gasteiger partial charge in [-0.3, -0.25) is 9.69 Å². The minimum Gasteiger partial charge on any atom is -0.441 e. The number of halogens is 2. The molecule has 2 aliphatic rings. The maximum absolute atomic E-state index is 11.9. The van der Waals surface area contributed by atoms with Gasteiger partial charge in [0.1, 0.15) is 6.26 Å². The third kappa shape index (κ3) is 4.45. The van der Waals surface area contributed by atoms with Crippen LogP contribution < -0.4 is 10.2 Å². The van der Waals surface area contributed by atoms with E-state index in [1.165, 1.54) is 18.9 Å². The van der Waals surface area contributed by atoms with Crippen LogP contribution in [0.1, 0.15) is 29.9 Å². The van der Waals surface area contributed by atoms with Gasteiger partial charge in [0.25, 0.3) is 5.89 Å². The highest BCUT2D eigenvalue weighted by Gasteiger charge is 2.31. The summed E-state index contributed by atoms with van der Waals surface area (Å²) in [6, 6.07) is 6.05. The minimum absolute atomic E-state index is 0.140. The average molecular weight is 423 g/mol. The molecule has 0 radical (unpaired) electrons. The topological polar surface area (TPSA) is 61.6 Å². The first-order valence-electron chi connectivity index (χ1n) is 9.72. The van der Waals surface area contributed by atoms with Gasteiger partial charge >= 0.3 is 5.91 Å². The molecule has 0 spiro atoms. The van der Waals surface area contributed by atoms with Crippen molar-refractivity contribution in [3.05, 3.63) is 46.6 Å². The second-order valence-electron chi connectivity index (χ2n) is 7.54. The van der Waals surface area contributed by atoms with Crippen LogP contribution in [-0.4, -0.2) is 54.6 Å². The standard InChI is InChI=1S/C20H24Cl2N4O2/c21-16-2-1-3-17(18(16)22)26-9-7-25(8-10-26)6-4-14-12-15(13-14)24-19(27)20-23-5-11-28-20/h1-3,5,11,14-15H,4,6-10,12-13H2,(H,24,27). The lowest BCUT2D eigenvalue weighted by Gasteiger charge is -2.39. The van der Waals surface area contributed by atoms with E-state index in [1.54, 1.807) is 0 Å². The lowest BCUT2D eigenvalue weighted by molar-refractivity contribution is 0.0842. The molecule has 0 bridgehead atoms. The fourth-order valence-electron chi connectivity index (χ4n) is 3.99. The van der Waals surface area contributed by atoms with Gasteiger partial charge in [-0.15, -0.1) is 0 Å². The molecule has 0 atom stereocenters. The molecule has 1 aromatic carbocycles. The molecule has 1 aliphatic heterocycles. The molecule has 1 N–H and O–H groups in total. The van der Waals surface area contributed by atoms with Crippen LogP contribution in [0.2, 0.25) is 10.0 Å². The third-order valence-electron chi connectivity index (χ3n) is 5.70. The summed E-state index contributed by atoms with van der Waals surface area (Å²) in [5.41, 5.74) is 1.03. The van der Waals surface area contributed by atoms with Crippen LogP contribution in [0.5, 0.6) is 0 Å². The van der Waals surface area contributed by atoms with Crippen molar-refractivity contribution in [2.24, 2.45) is 5.92 Å². The third-order valence-corrected chi connectivity index (χ3v) is 6.50. The largest absolute Gasteiger partial charge is 0.441 e. The first-order chi connectivity index (χ1) is 13.6. The quantitative estimate of drug-likeness (QED) is 0.768. The Bertz CT molecular complexity index is 801. The van der Waals surface area contributed by atoms with Crippen LogP contribution in [0.15, 0.2) is 35.1 Å².